The van der Waals surface area contributed by atoms with E-state index in [1.165, 1.54) is 43.1 Å². The van der Waals surface area contributed by atoms with E-state index in [9.17, 15) is 0 Å². The van der Waals surface area contributed by atoms with Crippen molar-refractivity contribution in [2.24, 2.45) is 0 Å². The summed E-state index contributed by atoms with van der Waals surface area (Å²) < 4.78 is 2.40. The molecule has 3 aromatic carbocycles. The van der Waals surface area contributed by atoms with Gasteiger partial charge in [-0.25, -0.2) is 4.98 Å². The van der Waals surface area contributed by atoms with E-state index in [4.69, 9.17) is 4.98 Å². The Balaban J connectivity index is 2.02. The van der Waals surface area contributed by atoms with Crippen molar-refractivity contribution in [3.05, 3.63) is 72.9 Å². The largest absolute Gasteiger partial charge is 0.294 e. The number of rotatable bonds is 0. The molecule has 0 saturated carbocycles. The molecular formula is C23H18N2Si. The summed E-state index contributed by atoms with van der Waals surface area (Å²) in [6, 6.07) is 24.4. The first-order valence-corrected chi connectivity index (χ1v) is 12.1. The number of aromatic nitrogens is 2. The minimum atomic E-state index is -1.79. The molecule has 0 N–H and O–H groups in total. The summed E-state index contributed by atoms with van der Waals surface area (Å²) in [5.74, 6) is 0. The van der Waals surface area contributed by atoms with Crippen LogP contribution in [0.1, 0.15) is 0 Å². The topological polar surface area (TPSA) is 17.8 Å². The van der Waals surface area contributed by atoms with Crippen LogP contribution in [0.15, 0.2) is 72.9 Å². The lowest BCUT2D eigenvalue weighted by Crippen LogP contribution is -2.57. The molecule has 3 heterocycles. The molecule has 0 amide bonds. The Morgan fingerprint density at radius 3 is 2.50 bits per heavy atom. The molecule has 124 valence electrons. The lowest BCUT2D eigenvalue weighted by atomic mass is 10.0. The molecule has 0 spiro atoms. The van der Waals surface area contributed by atoms with Crippen LogP contribution in [-0.4, -0.2) is 17.6 Å². The molecule has 0 atom stereocenters. The average Bonchev–Trinajstić information content (AvgIpc) is 3.02. The summed E-state index contributed by atoms with van der Waals surface area (Å²) in [5.41, 5.74) is 3.75. The van der Waals surface area contributed by atoms with Crippen molar-refractivity contribution in [1.82, 2.24) is 9.55 Å². The molecule has 0 bridgehead atoms. The summed E-state index contributed by atoms with van der Waals surface area (Å²) in [7, 11) is -1.79. The monoisotopic (exact) mass is 350 g/mol. The van der Waals surface area contributed by atoms with E-state index in [0.29, 0.717) is 0 Å². The lowest BCUT2D eigenvalue weighted by Gasteiger charge is -2.33. The van der Waals surface area contributed by atoms with Gasteiger partial charge in [-0.1, -0.05) is 61.6 Å². The highest BCUT2D eigenvalue weighted by atomic mass is 28.3. The Labute approximate surface area is 152 Å². The maximum absolute atomic E-state index is 4.80. The first-order chi connectivity index (χ1) is 12.7. The molecule has 2 nitrogen and oxygen atoms in total. The lowest BCUT2D eigenvalue weighted by molar-refractivity contribution is 1.14. The highest BCUT2D eigenvalue weighted by Gasteiger charge is 2.37. The normalized spacial score (nSPS) is 14.8. The van der Waals surface area contributed by atoms with Crippen LogP contribution >= 0.6 is 0 Å². The minimum absolute atomic E-state index is 1.07. The van der Waals surface area contributed by atoms with Gasteiger partial charge in [0.15, 0.2) is 0 Å². The number of hydrogen-bond donors (Lipinski definition) is 0. The molecule has 0 radical (unpaired) electrons. The summed E-state index contributed by atoms with van der Waals surface area (Å²) in [4.78, 5) is 4.80. The number of para-hydroxylation sites is 1. The average molecular weight is 350 g/mol. The Bertz CT molecular complexity index is 1360. The van der Waals surface area contributed by atoms with Gasteiger partial charge in [-0.2, -0.15) is 0 Å². The summed E-state index contributed by atoms with van der Waals surface area (Å²) in [6.07, 6.45) is 1.91. The molecule has 26 heavy (non-hydrogen) atoms. The molecule has 1 aliphatic rings. The number of pyridine rings is 1. The van der Waals surface area contributed by atoms with Crippen LogP contribution in [-0.2, 0) is 0 Å². The predicted octanol–water partition coefficient (Wildman–Crippen LogP) is 4.47. The maximum Gasteiger partial charge on any atom is 0.145 e. The van der Waals surface area contributed by atoms with Crippen LogP contribution in [0.5, 0.6) is 0 Å². The molecule has 0 fully saturated rings. The summed E-state index contributed by atoms with van der Waals surface area (Å²) in [5, 5.41) is 8.28. The van der Waals surface area contributed by atoms with Crippen molar-refractivity contribution in [1.29, 1.82) is 0 Å². The van der Waals surface area contributed by atoms with Crippen LogP contribution in [0.4, 0.5) is 0 Å². The van der Waals surface area contributed by atoms with E-state index in [1.54, 1.807) is 0 Å². The fraction of sp³-hybridized carbons (Fsp3) is 0.0870. The standard InChI is InChI=1S/C23H18N2Si/c1-26(2)19-12-6-5-11-18(19)25-22-20(26)14-15-8-3-4-9-16(15)21(22)17-10-7-13-24-23(17)25/h3-14H,1-2H3. The zero-order valence-corrected chi connectivity index (χ0v) is 15.8. The zero-order valence-electron chi connectivity index (χ0n) is 14.8. The smallest absolute Gasteiger partial charge is 0.145 e. The van der Waals surface area contributed by atoms with Gasteiger partial charge in [0, 0.05) is 22.7 Å². The first-order valence-electron chi connectivity index (χ1n) is 9.09. The van der Waals surface area contributed by atoms with E-state index in [1.807, 2.05) is 6.20 Å². The molecule has 5 aromatic rings. The second-order valence-electron chi connectivity index (χ2n) is 7.72. The number of nitrogens with zero attached hydrogens (tertiary/aromatic N) is 2. The van der Waals surface area contributed by atoms with E-state index in [-0.39, 0.29) is 0 Å². The van der Waals surface area contributed by atoms with Crippen molar-refractivity contribution in [3.63, 3.8) is 0 Å². The van der Waals surface area contributed by atoms with Gasteiger partial charge >= 0.3 is 0 Å². The molecule has 0 unspecified atom stereocenters. The molecule has 1 aliphatic heterocycles. The molecule has 6 rings (SSSR count). The number of hydrogen-bond acceptors (Lipinski definition) is 1. The van der Waals surface area contributed by atoms with Crippen LogP contribution in [0.25, 0.3) is 38.4 Å². The third-order valence-corrected chi connectivity index (χ3v) is 9.50. The van der Waals surface area contributed by atoms with Gasteiger partial charge < -0.3 is 0 Å². The van der Waals surface area contributed by atoms with Crippen molar-refractivity contribution in [2.75, 3.05) is 0 Å². The molecule has 2 aromatic heterocycles. The Morgan fingerprint density at radius 1 is 0.808 bits per heavy atom. The minimum Gasteiger partial charge on any atom is -0.294 e. The first kappa shape index (κ1) is 14.3. The fourth-order valence-electron chi connectivity index (χ4n) is 4.77. The van der Waals surface area contributed by atoms with Gasteiger partial charge in [-0.15, -0.1) is 0 Å². The van der Waals surface area contributed by atoms with Gasteiger partial charge in [0.05, 0.1) is 5.52 Å². The van der Waals surface area contributed by atoms with Crippen molar-refractivity contribution < 1.29 is 0 Å². The highest BCUT2D eigenvalue weighted by molar-refractivity contribution is 7.03. The Morgan fingerprint density at radius 2 is 1.58 bits per heavy atom. The predicted molar refractivity (Wildman–Crippen MR) is 113 cm³/mol. The van der Waals surface area contributed by atoms with Crippen molar-refractivity contribution in [3.8, 4) is 5.69 Å². The van der Waals surface area contributed by atoms with Crippen LogP contribution < -0.4 is 10.4 Å². The maximum atomic E-state index is 4.80. The van der Waals surface area contributed by atoms with Crippen LogP contribution in [0.2, 0.25) is 13.1 Å². The second kappa shape index (κ2) is 4.62. The summed E-state index contributed by atoms with van der Waals surface area (Å²) in [6.45, 7) is 4.95. The SMILES string of the molecule is C[Si]1(C)c2ccccc2-n2c3ncccc3c3c4ccccc4cc1c32. The number of fused-ring (bicyclic) bond motifs is 7. The van der Waals surface area contributed by atoms with Crippen molar-refractivity contribution >= 4 is 51.2 Å². The summed E-state index contributed by atoms with van der Waals surface area (Å²) >= 11 is 0. The third kappa shape index (κ3) is 1.55. The van der Waals surface area contributed by atoms with E-state index < -0.39 is 8.07 Å². The van der Waals surface area contributed by atoms with Crippen LogP contribution in [0.3, 0.4) is 0 Å². The second-order valence-corrected chi connectivity index (χ2v) is 12.0. The third-order valence-electron chi connectivity index (χ3n) is 6.00. The van der Waals surface area contributed by atoms with Gasteiger partial charge in [-0.05, 0) is 39.3 Å². The Hall–Kier alpha value is -2.91. The highest BCUT2D eigenvalue weighted by Crippen LogP contribution is 2.37. The van der Waals surface area contributed by atoms with Gasteiger partial charge in [0.25, 0.3) is 0 Å². The van der Waals surface area contributed by atoms with Gasteiger partial charge in [-0.3, -0.25) is 4.57 Å². The fourth-order valence-corrected chi connectivity index (χ4v) is 7.75. The van der Waals surface area contributed by atoms with Gasteiger partial charge in [0.1, 0.15) is 13.7 Å². The van der Waals surface area contributed by atoms with E-state index >= 15 is 0 Å². The van der Waals surface area contributed by atoms with Crippen molar-refractivity contribution in [2.45, 2.75) is 13.1 Å². The van der Waals surface area contributed by atoms with E-state index in [2.05, 4.69) is 84.4 Å². The zero-order chi connectivity index (χ0) is 17.5. The molecule has 0 aliphatic carbocycles. The van der Waals surface area contributed by atoms with E-state index in [0.717, 1.165) is 5.65 Å². The van der Waals surface area contributed by atoms with Crippen LogP contribution in [0, 0.1) is 0 Å². The Kier molecular flexibility index (Phi) is 2.54. The van der Waals surface area contributed by atoms with Gasteiger partial charge in [0.2, 0.25) is 0 Å². The number of benzene rings is 3. The molecule has 0 saturated heterocycles. The quantitative estimate of drug-likeness (QED) is 0.377. The molecule has 3 heteroatoms. The molecular weight excluding hydrogens is 332 g/mol.